The quantitative estimate of drug-likeness (QED) is 0.611. The van der Waals surface area contributed by atoms with Gasteiger partial charge in [-0.15, -0.1) is 10.2 Å². The molecule has 3 aromatic rings. The maximum absolute atomic E-state index is 13.1. The third kappa shape index (κ3) is 3.51. The highest BCUT2D eigenvalue weighted by atomic mass is 79.9. The number of carbonyl (C=O) groups excluding carboxylic acids is 1. The van der Waals surface area contributed by atoms with Gasteiger partial charge in [0.15, 0.2) is 6.10 Å². The number of nitrogens with zero attached hydrogens (tertiary/aromatic N) is 2. The second kappa shape index (κ2) is 6.92. The molecule has 5 nitrogen and oxygen atoms in total. The third-order valence-corrected chi connectivity index (χ3v) is 3.90. The van der Waals surface area contributed by atoms with Crippen LogP contribution >= 0.6 is 15.9 Å². The highest BCUT2D eigenvalue weighted by Gasteiger charge is 2.21. The van der Waals surface area contributed by atoms with Crippen LogP contribution in [0, 0.1) is 5.82 Å². The molecule has 1 aromatic heterocycles. The summed E-state index contributed by atoms with van der Waals surface area (Å²) in [5, 5.41) is 7.86. The van der Waals surface area contributed by atoms with Gasteiger partial charge >= 0.3 is 5.97 Å². The summed E-state index contributed by atoms with van der Waals surface area (Å²) in [6.45, 7) is 1.62. The van der Waals surface area contributed by atoms with Gasteiger partial charge in [-0.2, -0.15) is 0 Å². The number of ether oxygens (including phenoxy) is 1. The van der Waals surface area contributed by atoms with Crippen LogP contribution in [0.4, 0.5) is 4.39 Å². The molecule has 0 amide bonds. The average Bonchev–Trinajstić information content (AvgIpc) is 3.05. The van der Waals surface area contributed by atoms with Gasteiger partial charge in [0.05, 0.1) is 5.56 Å². The second-order valence-corrected chi connectivity index (χ2v) is 5.84. The molecule has 0 spiro atoms. The maximum atomic E-state index is 13.1. The molecular weight excluding hydrogens is 379 g/mol. The van der Waals surface area contributed by atoms with E-state index in [-0.39, 0.29) is 11.5 Å². The molecule has 0 unspecified atom stereocenters. The Bertz CT molecular complexity index is 867. The molecule has 0 aliphatic rings. The Morgan fingerprint density at radius 1 is 1.21 bits per heavy atom. The van der Waals surface area contributed by atoms with Crippen LogP contribution in [0.25, 0.3) is 11.5 Å². The Morgan fingerprint density at radius 3 is 2.67 bits per heavy atom. The van der Waals surface area contributed by atoms with E-state index in [0.29, 0.717) is 10.4 Å². The van der Waals surface area contributed by atoms with Crippen LogP contribution in [0.2, 0.25) is 0 Å². The normalized spacial score (nSPS) is 12.0. The molecule has 1 heterocycles. The summed E-state index contributed by atoms with van der Waals surface area (Å²) < 4.78 is 24.3. The number of esters is 1. The van der Waals surface area contributed by atoms with Crippen molar-refractivity contribution in [1.82, 2.24) is 10.2 Å². The zero-order valence-electron chi connectivity index (χ0n) is 12.6. The highest BCUT2D eigenvalue weighted by Crippen LogP contribution is 2.25. The molecule has 0 saturated carbocycles. The third-order valence-electron chi connectivity index (χ3n) is 3.24. The van der Waals surface area contributed by atoms with E-state index in [0.717, 1.165) is 5.56 Å². The summed E-state index contributed by atoms with van der Waals surface area (Å²) in [5.74, 6) is -0.540. The molecule has 0 radical (unpaired) electrons. The van der Waals surface area contributed by atoms with Gasteiger partial charge in [0.25, 0.3) is 5.89 Å². The summed E-state index contributed by atoms with van der Waals surface area (Å²) in [6, 6.07) is 13.0. The van der Waals surface area contributed by atoms with Crippen LogP contribution in [0.15, 0.2) is 57.4 Å². The molecular formula is C17H12BrFN2O3. The minimum Gasteiger partial charge on any atom is -0.449 e. The molecule has 0 aliphatic carbocycles. The second-order valence-electron chi connectivity index (χ2n) is 4.98. The van der Waals surface area contributed by atoms with Crippen molar-refractivity contribution in [3.05, 3.63) is 70.3 Å². The van der Waals surface area contributed by atoms with Crippen LogP contribution in [0.1, 0.15) is 29.3 Å². The summed E-state index contributed by atoms with van der Waals surface area (Å²) in [4.78, 5) is 12.2. The summed E-state index contributed by atoms with van der Waals surface area (Å²) in [6.07, 6.45) is -0.737. The largest absolute Gasteiger partial charge is 0.449 e. The van der Waals surface area contributed by atoms with Crippen molar-refractivity contribution in [1.29, 1.82) is 0 Å². The van der Waals surface area contributed by atoms with E-state index < -0.39 is 17.9 Å². The number of aromatic nitrogens is 2. The fourth-order valence-electron chi connectivity index (χ4n) is 2.03. The van der Waals surface area contributed by atoms with Gasteiger partial charge in [-0.25, -0.2) is 9.18 Å². The van der Waals surface area contributed by atoms with Crippen molar-refractivity contribution in [2.45, 2.75) is 13.0 Å². The van der Waals surface area contributed by atoms with Gasteiger partial charge in [0, 0.05) is 10.0 Å². The van der Waals surface area contributed by atoms with E-state index in [2.05, 4.69) is 26.1 Å². The van der Waals surface area contributed by atoms with E-state index >= 15 is 0 Å². The van der Waals surface area contributed by atoms with Crippen LogP contribution in [-0.4, -0.2) is 16.2 Å². The molecule has 0 bridgehead atoms. The molecule has 3 rings (SSSR count). The van der Waals surface area contributed by atoms with E-state index in [1.54, 1.807) is 6.92 Å². The summed E-state index contributed by atoms with van der Waals surface area (Å²) in [7, 11) is 0. The molecule has 0 saturated heterocycles. The smallest absolute Gasteiger partial charge is 0.340 e. The minimum absolute atomic E-state index is 0.181. The van der Waals surface area contributed by atoms with Crippen molar-refractivity contribution in [3.63, 3.8) is 0 Å². The lowest BCUT2D eigenvalue weighted by atomic mass is 10.2. The van der Waals surface area contributed by atoms with Gasteiger partial charge in [0.1, 0.15) is 5.82 Å². The van der Waals surface area contributed by atoms with E-state index in [1.807, 2.05) is 30.3 Å². The predicted octanol–water partition coefficient (Wildman–Crippen LogP) is 4.56. The Labute approximate surface area is 145 Å². The average molecular weight is 391 g/mol. The maximum Gasteiger partial charge on any atom is 0.340 e. The number of hydrogen-bond donors (Lipinski definition) is 0. The fraction of sp³-hybridized carbons (Fsp3) is 0.118. The fourth-order valence-corrected chi connectivity index (χ4v) is 2.54. The molecule has 1 atom stereocenters. The van der Waals surface area contributed by atoms with Crippen molar-refractivity contribution in [2.75, 3.05) is 0 Å². The molecule has 2 aromatic carbocycles. The van der Waals surface area contributed by atoms with Gasteiger partial charge in [-0.1, -0.05) is 18.2 Å². The number of benzene rings is 2. The molecule has 122 valence electrons. The minimum atomic E-state index is -0.737. The lowest BCUT2D eigenvalue weighted by Crippen LogP contribution is -2.10. The number of carbonyl (C=O) groups is 1. The molecule has 24 heavy (non-hydrogen) atoms. The number of hydrogen-bond acceptors (Lipinski definition) is 5. The highest BCUT2D eigenvalue weighted by molar-refractivity contribution is 9.10. The predicted molar refractivity (Wildman–Crippen MR) is 87.7 cm³/mol. The molecule has 7 heteroatoms. The monoisotopic (exact) mass is 390 g/mol. The van der Waals surface area contributed by atoms with E-state index in [4.69, 9.17) is 9.15 Å². The first-order valence-corrected chi connectivity index (χ1v) is 7.89. The summed E-state index contributed by atoms with van der Waals surface area (Å²) in [5.41, 5.74) is 0.988. The van der Waals surface area contributed by atoms with Gasteiger partial charge in [-0.3, -0.25) is 0 Å². The van der Waals surface area contributed by atoms with Crippen molar-refractivity contribution in [3.8, 4) is 11.5 Å². The first-order chi connectivity index (χ1) is 11.5. The van der Waals surface area contributed by atoms with Crippen LogP contribution in [0.5, 0.6) is 0 Å². The molecule has 0 aliphatic heterocycles. The lowest BCUT2D eigenvalue weighted by Gasteiger charge is -2.10. The van der Waals surface area contributed by atoms with E-state index in [9.17, 15) is 9.18 Å². The van der Waals surface area contributed by atoms with Gasteiger partial charge < -0.3 is 9.15 Å². The number of rotatable bonds is 4. The van der Waals surface area contributed by atoms with E-state index in [1.165, 1.54) is 18.2 Å². The van der Waals surface area contributed by atoms with Crippen molar-refractivity contribution >= 4 is 21.9 Å². The number of halogens is 2. The Balaban J connectivity index is 1.74. The van der Waals surface area contributed by atoms with Crippen molar-refractivity contribution < 1.29 is 18.3 Å². The SMILES string of the molecule is C[C@H](OC(=O)c1ccc(F)cc1Br)c1nnc(-c2ccccc2)o1. The molecule has 0 N–H and O–H groups in total. The zero-order valence-corrected chi connectivity index (χ0v) is 14.2. The Kier molecular flexibility index (Phi) is 4.71. The Morgan fingerprint density at radius 2 is 1.96 bits per heavy atom. The Hall–Kier alpha value is -2.54. The summed E-state index contributed by atoms with van der Waals surface area (Å²) >= 11 is 3.14. The molecule has 0 fully saturated rings. The first kappa shape index (κ1) is 16.3. The van der Waals surface area contributed by atoms with Crippen LogP contribution in [-0.2, 0) is 4.74 Å². The van der Waals surface area contributed by atoms with Gasteiger partial charge in [0.2, 0.25) is 5.89 Å². The van der Waals surface area contributed by atoms with Gasteiger partial charge in [-0.05, 0) is 53.2 Å². The standard InChI is InChI=1S/C17H12BrFN2O3/c1-10(23-17(22)13-8-7-12(19)9-14(13)18)15-20-21-16(24-15)11-5-3-2-4-6-11/h2-10H,1H3/t10-/m0/s1. The van der Waals surface area contributed by atoms with Crippen LogP contribution in [0.3, 0.4) is 0 Å². The topological polar surface area (TPSA) is 65.2 Å². The lowest BCUT2D eigenvalue weighted by molar-refractivity contribution is 0.0278. The van der Waals surface area contributed by atoms with Crippen molar-refractivity contribution in [2.24, 2.45) is 0 Å². The first-order valence-electron chi connectivity index (χ1n) is 7.09. The van der Waals surface area contributed by atoms with Crippen LogP contribution < -0.4 is 0 Å². The zero-order chi connectivity index (χ0) is 17.1.